The van der Waals surface area contributed by atoms with Gasteiger partial charge in [0.05, 0.1) is 0 Å². The molecule has 1 aliphatic rings. The quantitative estimate of drug-likeness (QED) is 0.891. The molecule has 0 saturated carbocycles. The average Bonchev–Trinajstić information content (AvgIpc) is 2.58. The summed E-state index contributed by atoms with van der Waals surface area (Å²) in [4.78, 5) is 6.77. The minimum Gasteiger partial charge on any atom is -0.396 e. The molecule has 4 heteroatoms. The van der Waals surface area contributed by atoms with Gasteiger partial charge in [0.25, 0.3) is 0 Å². The summed E-state index contributed by atoms with van der Waals surface area (Å²) in [5.41, 5.74) is 2.34. The Kier molecular flexibility index (Phi) is 4.91. The zero-order valence-corrected chi connectivity index (χ0v) is 12.8. The van der Waals surface area contributed by atoms with Crippen LogP contribution >= 0.6 is 0 Å². The van der Waals surface area contributed by atoms with Crippen molar-refractivity contribution in [3.05, 3.63) is 54.2 Å². The van der Waals surface area contributed by atoms with E-state index in [2.05, 4.69) is 45.5 Å². The zero-order valence-electron chi connectivity index (χ0n) is 12.8. The van der Waals surface area contributed by atoms with Crippen LogP contribution < -0.4 is 10.2 Å². The van der Waals surface area contributed by atoms with Crippen molar-refractivity contribution in [1.29, 1.82) is 0 Å². The lowest BCUT2D eigenvalue weighted by Gasteiger charge is -2.33. The maximum absolute atomic E-state index is 8.94. The summed E-state index contributed by atoms with van der Waals surface area (Å²) in [6.45, 7) is 2.29. The SMILES string of the molecule is OCCc1ccc(NC2CCN(c3ccccn3)CC2)cc1. The van der Waals surface area contributed by atoms with Gasteiger partial charge in [0.15, 0.2) is 0 Å². The number of hydrogen-bond acceptors (Lipinski definition) is 4. The zero-order chi connectivity index (χ0) is 15.2. The molecule has 1 saturated heterocycles. The van der Waals surface area contributed by atoms with Gasteiger partial charge in [0.2, 0.25) is 0 Å². The van der Waals surface area contributed by atoms with Gasteiger partial charge in [-0.05, 0) is 49.1 Å². The monoisotopic (exact) mass is 297 g/mol. The highest BCUT2D eigenvalue weighted by molar-refractivity contribution is 5.46. The lowest BCUT2D eigenvalue weighted by atomic mass is 10.0. The van der Waals surface area contributed by atoms with Gasteiger partial charge in [0, 0.05) is 37.6 Å². The molecule has 1 aromatic carbocycles. The van der Waals surface area contributed by atoms with Crippen molar-refractivity contribution in [2.45, 2.75) is 25.3 Å². The van der Waals surface area contributed by atoms with Crippen molar-refractivity contribution in [2.24, 2.45) is 0 Å². The van der Waals surface area contributed by atoms with E-state index in [1.807, 2.05) is 18.3 Å². The van der Waals surface area contributed by atoms with E-state index in [1.165, 1.54) is 5.56 Å². The summed E-state index contributed by atoms with van der Waals surface area (Å²) in [6.07, 6.45) is 4.82. The van der Waals surface area contributed by atoms with E-state index in [9.17, 15) is 0 Å². The highest BCUT2D eigenvalue weighted by Crippen LogP contribution is 2.20. The Morgan fingerprint density at radius 1 is 1.09 bits per heavy atom. The summed E-state index contributed by atoms with van der Waals surface area (Å²) in [5, 5.41) is 12.6. The second-order valence-corrected chi connectivity index (χ2v) is 5.76. The Morgan fingerprint density at radius 3 is 2.50 bits per heavy atom. The summed E-state index contributed by atoms with van der Waals surface area (Å²) in [7, 11) is 0. The minimum absolute atomic E-state index is 0.207. The van der Waals surface area contributed by atoms with Gasteiger partial charge >= 0.3 is 0 Å². The molecule has 1 aromatic heterocycles. The molecule has 0 amide bonds. The van der Waals surface area contributed by atoms with E-state index in [-0.39, 0.29) is 6.61 Å². The van der Waals surface area contributed by atoms with Crippen LogP contribution in [0.3, 0.4) is 0 Å². The Bertz CT molecular complexity index is 563. The number of piperidine rings is 1. The Morgan fingerprint density at radius 2 is 1.86 bits per heavy atom. The molecule has 4 nitrogen and oxygen atoms in total. The lowest BCUT2D eigenvalue weighted by molar-refractivity contribution is 0.299. The number of aliphatic hydroxyl groups is 1. The van der Waals surface area contributed by atoms with Crippen molar-refractivity contribution >= 4 is 11.5 Å². The van der Waals surface area contributed by atoms with E-state index in [0.29, 0.717) is 6.04 Å². The predicted octanol–water partition coefficient (Wildman–Crippen LogP) is 2.70. The largest absolute Gasteiger partial charge is 0.396 e. The fraction of sp³-hybridized carbons (Fsp3) is 0.389. The van der Waals surface area contributed by atoms with Gasteiger partial charge < -0.3 is 15.3 Å². The maximum atomic E-state index is 8.94. The number of benzene rings is 1. The van der Waals surface area contributed by atoms with Crippen LogP contribution in [-0.4, -0.2) is 35.8 Å². The smallest absolute Gasteiger partial charge is 0.128 e. The molecule has 3 rings (SSSR count). The van der Waals surface area contributed by atoms with E-state index in [4.69, 9.17) is 5.11 Å². The number of aromatic nitrogens is 1. The van der Waals surface area contributed by atoms with Gasteiger partial charge in [-0.2, -0.15) is 0 Å². The Labute approximate surface area is 131 Å². The van der Waals surface area contributed by atoms with E-state index in [1.54, 1.807) is 0 Å². The van der Waals surface area contributed by atoms with Crippen LogP contribution in [0.2, 0.25) is 0 Å². The van der Waals surface area contributed by atoms with Crippen LogP contribution in [0.4, 0.5) is 11.5 Å². The average molecular weight is 297 g/mol. The van der Waals surface area contributed by atoms with Crippen LogP contribution in [0.5, 0.6) is 0 Å². The van der Waals surface area contributed by atoms with Gasteiger partial charge in [-0.3, -0.25) is 0 Å². The number of aliphatic hydroxyl groups excluding tert-OH is 1. The summed E-state index contributed by atoms with van der Waals surface area (Å²) in [5.74, 6) is 1.08. The first-order chi connectivity index (χ1) is 10.8. The molecule has 2 heterocycles. The number of nitrogens with one attached hydrogen (secondary N) is 1. The topological polar surface area (TPSA) is 48.4 Å². The number of nitrogens with zero attached hydrogens (tertiary/aromatic N) is 2. The predicted molar refractivity (Wildman–Crippen MR) is 90.3 cm³/mol. The van der Waals surface area contributed by atoms with Crippen LogP contribution in [0.15, 0.2) is 48.7 Å². The van der Waals surface area contributed by atoms with Crippen LogP contribution in [0.25, 0.3) is 0 Å². The lowest BCUT2D eigenvalue weighted by Crippen LogP contribution is -2.39. The van der Waals surface area contributed by atoms with Crippen LogP contribution in [0, 0.1) is 0 Å². The summed E-state index contributed by atoms with van der Waals surface area (Å²) < 4.78 is 0. The van der Waals surface area contributed by atoms with E-state index in [0.717, 1.165) is 43.9 Å². The van der Waals surface area contributed by atoms with E-state index >= 15 is 0 Å². The van der Waals surface area contributed by atoms with Gasteiger partial charge in [-0.15, -0.1) is 0 Å². The third kappa shape index (κ3) is 3.77. The molecule has 2 N–H and O–H groups in total. The third-order valence-corrected chi connectivity index (χ3v) is 4.19. The molecule has 1 fully saturated rings. The van der Waals surface area contributed by atoms with Gasteiger partial charge in [-0.1, -0.05) is 18.2 Å². The van der Waals surface area contributed by atoms with Crippen molar-refractivity contribution in [2.75, 3.05) is 29.9 Å². The van der Waals surface area contributed by atoms with Crippen molar-refractivity contribution in [1.82, 2.24) is 4.98 Å². The van der Waals surface area contributed by atoms with Crippen molar-refractivity contribution in [3.63, 3.8) is 0 Å². The molecule has 2 aromatic rings. The normalized spacial score (nSPS) is 15.8. The molecular weight excluding hydrogens is 274 g/mol. The second-order valence-electron chi connectivity index (χ2n) is 5.76. The highest BCUT2D eigenvalue weighted by Gasteiger charge is 2.19. The molecule has 0 radical (unpaired) electrons. The first-order valence-electron chi connectivity index (χ1n) is 7.97. The van der Waals surface area contributed by atoms with Crippen molar-refractivity contribution in [3.8, 4) is 0 Å². The number of anilines is 2. The minimum atomic E-state index is 0.207. The van der Waals surface area contributed by atoms with E-state index < -0.39 is 0 Å². The Hall–Kier alpha value is -2.07. The Balaban J connectivity index is 1.51. The molecule has 1 aliphatic heterocycles. The summed E-state index contributed by atoms with van der Waals surface area (Å²) >= 11 is 0. The maximum Gasteiger partial charge on any atom is 0.128 e. The molecule has 0 aliphatic carbocycles. The van der Waals surface area contributed by atoms with Crippen LogP contribution in [0.1, 0.15) is 18.4 Å². The van der Waals surface area contributed by atoms with Gasteiger partial charge in [-0.25, -0.2) is 4.98 Å². The molecule has 0 spiro atoms. The molecule has 0 unspecified atom stereocenters. The molecule has 22 heavy (non-hydrogen) atoms. The second kappa shape index (κ2) is 7.27. The fourth-order valence-electron chi connectivity index (χ4n) is 2.93. The molecule has 0 atom stereocenters. The van der Waals surface area contributed by atoms with Crippen molar-refractivity contribution < 1.29 is 5.11 Å². The standard InChI is InChI=1S/C18H23N3O/c22-14-10-15-4-6-16(7-5-15)20-17-8-12-21(13-9-17)18-3-1-2-11-19-18/h1-7,11,17,20,22H,8-10,12-14H2. The first kappa shape index (κ1) is 14.9. The molecule has 116 valence electrons. The van der Waals surface area contributed by atoms with Crippen LogP contribution in [-0.2, 0) is 6.42 Å². The van der Waals surface area contributed by atoms with Gasteiger partial charge in [0.1, 0.15) is 5.82 Å². The number of rotatable bonds is 5. The third-order valence-electron chi connectivity index (χ3n) is 4.19. The molecular formula is C18H23N3O. The summed E-state index contributed by atoms with van der Waals surface area (Å²) in [6, 6.07) is 15.0. The highest BCUT2D eigenvalue weighted by atomic mass is 16.2. The first-order valence-corrected chi connectivity index (χ1v) is 7.97. The molecule has 0 bridgehead atoms. The fourth-order valence-corrected chi connectivity index (χ4v) is 2.93. The number of hydrogen-bond donors (Lipinski definition) is 2. The number of pyridine rings is 1.